The van der Waals surface area contributed by atoms with Crippen molar-refractivity contribution in [3.05, 3.63) is 81.0 Å². The Morgan fingerprint density at radius 2 is 2.00 bits per heavy atom. The maximum atomic E-state index is 13.3. The van der Waals surface area contributed by atoms with Crippen LogP contribution in [-0.2, 0) is 12.8 Å². The van der Waals surface area contributed by atoms with Crippen LogP contribution in [0.5, 0.6) is 5.75 Å². The van der Waals surface area contributed by atoms with E-state index in [9.17, 15) is 4.79 Å². The molecule has 0 fully saturated rings. The van der Waals surface area contributed by atoms with Crippen LogP contribution in [0, 0.1) is 6.92 Å². The van der Waals surface area contributed by atoms with Crippen molar-refractivity contribution >= 4 is 23.1 Å². The van der Waals surface area contributed by atoms with Gasteiger partial charge in [-0.3, -0.25) is 0 Å². The van der Waals surface area contributed by atoms with Crippen LogP contribution in [-0.4, -0.2) is 24.6 Å². The summed E-state index contributed by atoms with van der Waals surface area (Å²) in [5.41, 5.74) is 4.79. The molecule has 1 aliphatic rings. The van der Waals surface area contributed by atoms with Crippen molar-refractivity contribution in [2.45, 2.75) is 32.7 Å². The highest BCUT2D eigenvalue weighted by molar-refractivity contribution is 7.12. The Morgan fingerprint density at radius 1 is 1.21 bits per heavy atom. The lowest BCUT2D eigenvalue weighted by atomic mass is 9.92. The van der Waals surface area contributed by atoms with Gasteiger partial charge < -0.3 is 15.0 Å². The van der Waals surface area contributed by atoms with Crippen molar-refractivity contribution in [1.29, 1.82) is 0 Å². The minimum absolute atomic E-state index is 0.0606. The van der Waals surface area contributed by atoms with E-state index in [1.54, 1.807) is 7.11 Å². The molecule has 29 heavy (non-hydrogen) atoms. The average molecular weight is 407 g/mol. The number of nitrogens with one attached hydrogen (secondary N) is 1. The number of nitrogens with zero attached hydrogens (tertiary/aromatic N) is 1. The predicted molar refractivity (Wildman–Crippen MR) is 119 cm³/mol. The minimum atomic E-state index is -0.0816. The van der Waals surface area contributed by atoms with Crippen LogP contribution in [0.3, 0.4) is 0 Å². The number of benzene rings is 2. The van der Waals surface area contributed by atoms with E-state index in [2.05, 4.69) is 31.3 Å². The van der Waals surface area contributed by atoms with E-state index in [0.29, 0.717) is 6.54 Å². The summed E-state index contributed by atoms with van der Waals surface area (Å²) < 4.78 is 5.28. The Balaban J connectivity index is 1.70. The van der Waals surface area contributed by atoms with Crippen molar-refractivity contribution in [3.8, 4) is 5.75 Å². The Bertz CT molecular complexity index is 1010. The summed E-state index contributed by atoms with van der Waals surface area (Å²) in [5, 5.41) is 3.06. The van der Waals surface area contributed by atoms with Gasteiger partial charge in [-0.05, 0) is 48.6 Å². The quantitative estimate of drug-likeness (QED) is 0.594. The van der Waals surface area contributed by atoms with Crippen LogP contribution in [0.1, 0.15) is 39.4 Å². The Morgan fingerprint density at radius 3 is 2.72 bits per heavy atom. The van der Waals surface area contributed by atoms with Crippen molar-refractivity contribution in [2.24, 2.45) is 0 Å². The Kier molecular flexibility index (Phi) is 5.58. The number of fused-ring (bicyclic) bond motifs is 1. The predicted octanol–water partition coefficient (Wildman–Crippen LogP) is 5.81. The van der Waals surface area contributed by atoms with Gasteiger partial charge in [0.15, 0.2) is 0 Å². The molecular weight excluding hydrogens is 380 g/mol. The first-order valence-electron chi connectivity index (χ1n) is 10.00. The van der Waals surface area contributed by atoms with Crippen molar-refractivity contribution in [1.82, 2.24) is 4.90 Å². The van der Waals surface area contributed by atoms with E-state index < -0.39 is 0 Å². The van der Waals surface area contributed by atoms with E-state index in [-0.39, 0.29) is 12.1 Å². The molecule has 1 unspecified atom stereocenters. The molecule has 0 radical (unpaired) electrons. The third-order valence-electron chi connectivity index (χ3n) is 5.56. The van der Waals surface area contributed by atoms with Crippen LogP contribution in [0.15, 0.2) is 54.6 Å². The van der Waals surface area contributed by atoms with Gasteiger partial charge in [-0.15, -0.1) is 11.3 Å². The molecule has 2 aromatic carbocycles. The molecule has 3 aromatic rings. The van der Waals surface area contributed by atoms with Gasteiger partial charge in [-0.25, -0.2) is 4.79 Å². The number of urea groups is 1. The molecular formula is C24H26N2O2S. The SMILES string of the molecule is CCc1c(C)sc2c1CCN(C(=O)Nc1cccc(OC)c1)C2c1ccccc1. The van der Waals surface area contributed by atoms with Gasteiger partial charge in [0.1, 0.15) is 5.75 Å². The van der Waals surface area contributed by atoms with Crippen LogP contribution in [0.4, 0.5) is 10.5 Å². The highest BCUT2D eigenvalue weighted by atomic mass is 32.1. The molecule has 0 saturated heterocycles. The number of aryl methyl sites for hydroxylation is 1. The molecule has 150 valence electrons. The number of ether oxygens (including phenoxy) is 1. The number of methoxy groups -OCH3 is 1. The lowest BCUT2D eigenvalue weighted by molar-refractivity contribution is 0.195. The zero-order valence-corrected chi connectivity index (χ0v) is 17.9. The molecule has 0 aliphatic carbocycles. The maximum Gasteiger partial charge on any atom is 0.322 e. The lowest BCUT2D eigenvalue weighted by Gasteiger charge is -2.36. The fraction of sp³-hybridized carbons (Fsp3) is 0.292. The summed E-state index contributed by atoms with van der Waals surface area (Å²) in [6.07, 6.45) is 1.94. The van der Waals surface area contributed by atoms with Crippen LogP contribution < -0.4 is 10.1 Å². The molecule has 0 saturated carbocycles. The second kappa shape index (κ2) is 8.29. The van der Waals surface area contributed by atoms with E-state index in [1.165, 1.54) is 20.9 Å². The highest BCUT2D eigenvalue weighted by Crippen LogP contribution is 2.43. The Hall–Kier alpha value is -2.79. The number of hydrogen-bond acceptors (Lipinski definition) is 3. The number of amides is 2. The molecule has 2 amide bonds. The molecule has 0 bridgehead atoms. The van der Waals surface area contributed by atoms with Crippen LogP contribution in [0.25, 0.3) is 0 Å². The zero-order chi connectivity index (χ0) is 20.4. The van der Waals surface area contributed by atoms with Gasteiger partial charge in [-0.1, -0.05) is 43.3 Å². The molecule has 1 aliphatic heterocycles. The molecule has 4 nitrogen and oxygen atoms in total. The normalized spacial score (nSPS) is 15.7. The average Bonchev–Trinajstić information content (AvgIpc) is 3.08. The van der Waals surface area contributed by atoms with Gasteiger partial charge >= 0.3 is 6.03 Å². The summed E-state index contributed by atoms with van der Waals surface area (Å²) in [5.74, 6) is 0.727. The largest absolute Gasteiger partial charge is 0.497 e. The number of anilines is 1. The molecule has 1 atom stereocenters. The number of hydrogen-bond donors (Lipinski definition) is 1. The van der Waals surface area contributed by atoms with Crippen molar-refractivity contribution in [3.63, 3.8) is 0 Å². The topological polar surface area (TPSA) is 41.6 Å². The third kappa shape index (κ3) is 3.75. The second-order valence-electron chi connectivity index (χ2n) is 7.25. The van der Waals surface area contributed by atoms with Gasteiger partial charge in [-0.2, -0.15) is 0 Å². The van der Waals surface area contributed by atoms with E-state index >= 15 is 0 Å². The van der Waals surface area contributed by atoms with Gasteiger partial charge in [0.05, 0.1) is 13.2 Å². The first-order valence-corrected chi connectivity index (χ1v) is 10.8. The van der Waals surface area contributed by atoms with Crippen LogP contribution >= 0.6 is 11.3 Å². The molecule has 4 rings (SSSR count). The standard InChI is InChI=1S/C24H26N2O2S/c1-4-20-16(2)29-23-21(20)13-14-26(22(23)17-9-6-5-7-10-17)24(27)25-18-11-8-12-19(15-18)28-3/h5-12,15,22H,4,13-14H2,1-3H3,(H,25,27). The second-order valence-corrected chi connectivity index (χ2v) is 8.51. The monoisotopic (exact) mass is 406 g/mol. The summed E-state index contributed by atoms with van der Waals surface area (Å²) in [4.78, 5) is 17.9. The van der Waals surface area contributed by atoms with E-state index in [0.717, 1.165) is 29.8 Å². The third-order valence-corrected chi connectivity index (χ3v) is 6.81. The number of carbonyl (C=O) groups excluding carboxylic acids is 1. The van der Waals surface area contributed by atoms with Gasteiger partial charge in [0.25, 0.3) is 0 Å². The fourth-order valence-corrected chi connectivity index (χ4v) is 5.64. The Labute approximate surface area is 176 Å². The summed E-state index contributed by atoms with van der Waals surface area (Å²) in [6.45, 7) is 5.12. The molecule has 0 spiro atoms. The van der Waals surface area contributed by atoms with Crippen molar-refractivity contribution < 1.29 is 9.53 Å². The molecule has 1 N–H and O–H groups in total. The maximum absolute atomic E-state index is 13.3. The van der Waals surface area contributed by atoms with Gasteiger partial charge in [0.2, 0.25) is 0 Å². The van der Waals surface area contributed by atoms with Crippen molar-refractivity contribution in [2.75, 3.05) is 19.0 Å². The fourth-order valence-electron chi connectivity index (χ4n) is 4.19. The molecule has 1 aromatic heterocycles. The summed E-state index contributed by atoms with van der Waals surface area (Å²) in [7, 11) is 1.63. The first kappa shape index (κ1) is 19.5. The van der Waals surface area contributed by atoms with E-state index in [4.69, 9.17) is 4.74 Å². The van der Waals surface area contributed by atoms with Crippen LogP contribution in [0.2, 0.25) is 0 Å². The first-order chi connectivity index (χ1) is 14.1. The number of thiophene rings is 1. The minimum Gasteiger partial charge on any atom is -0.497 e. The summed E-state index contributed by atoms with van der Waals surface area (Å²) in [6, 6.07) is 17.7. The van der Waals surface area contributed by atoms with E-state index in [1.807, 2.05) is 58.7 Å². The molecule has 2 heterocycles. The smallest absolute Gasteiger partial charge is 0.322 e. The zero-order valence-electron chi connectivity index (χ0n) is 17.1. The highest BCUT2D eigenvalue weighted by Gasteiger charge is 2.35. The molecule has 5 heteroatoms. The summed E-state index contributed by atoms with van der Waals surface area (Å²) >= 11 is 1.84. The number of carbonyl (C=O) groups is 1. The van der Waals surface area contributed by atoms with Gasteiger partial charge in [0, 0.05) is 28.1 Å². The lowest BCUT2D eigenvalue weighted by Crippen LogP contribution is -2.42. The number of rotatable bonds is 4.